The van der Waals surface area contributed by atoms with Crippen LogP contribution < -0.4 is 0 Å². The summed E-state index contributed by atoms with van der Waals surface area (Å²) in [5.74, 6) is 2.43. The van der Waals surface area contributed by atoms with Crippen LogP contribution in [0.1, 0.15) is 49.0 Å². The van der Waals surface area contributed by atoms with Crippen LogP contribution in [0.4, 0.5) is 0 Å². The van der Waals surface area contributed by atoms with Gasteiger partial charge in [0.05, 0.1) is 5.69 Å². The molecule has 1 aliphatic rings. The fourth-order valence-electron chi connectivity index (χ4n) is 3.91. The lowest BCUT2D eigenvalue weighted by Gasteiger charge is -2.30. The van der Waals surface area contributed by atoms with Crippen LogP contribution in [0.5, 0.6) is 0 Å². The largest absolute Gasteiger partial charge is 0.343 e. The van der Waals surface area contributed by atoms with E-state index < -0.39 is 0 Å². The van der Waals surface area contributed by atoms with Crippen LogP contribution in [0.2, 0.25) is 0 Å². The molecular weight excluding hydrogens is 354 g/mol. The number of aromatic nitrogens is 6. The van der Waals surface area contributed by atoms with Crippen LogP contribution in [0.15, 0.2) is 12.1 Å². The van der Waals surface area contributed by atoms with Crippen LogP contribution in [-0.4, -0.2) is 53.5 Å². The van der Waals surface area contributed by atoms with Gasteiger partial charge >= 0.3 is 0 Å². The quantitative estimate of drug-likeness (QED) is 0.693. The van der Waals surface area contributed by atoms with Crippen LogP contribution in [0.25, 0.3) is 11.5 Å². The van der Waals surface area contributed by atoms with Crippen LogP contribution in [0, 0.1) is 26.7 Å². The van der Waals surface area contributed by atoms with Crippen molar-refractivity contribution in [1.29, 1.82) is 0 Å². The Labute approximate surface area is 164 Å². The Hall–Kier alpha value is -2.77. The lowest BCUT2D eigenvalue weighted by molar-refractivity contribution is -0.132. The van der Waals surface area contributed by atoms with E-state index in [9.17, 15) is 4.79 Å². The standard InChI is InChI=1S/C20H27N7O/c1-13-9-11-25(12-10-13)20(28)8-5-17-14(2)23-26(15(17)3)19-7-6-18-22-21-16(4)27(18)24-19/h6-7,13H,5,8-12H2,1-4H3. The molecule has 0 aliphatic carbocycles. The Morgan fingerprint density at radius 1 is 1.11 bits per heavy atom. The van der Waals surface area contributed by atoms with Gasteiger partial charge in [-0.3, -0.25) is 4.79 Å². The Morgan fingerprint density at radius 2 is 1.86 bits per heavy atom. The van der Waals surface area contributed by atoms with E-state index in [2.05, 4.69) is 27.3 Å². The Kier molecular flexibility index (Phi) is 4.87. The highest BCUT2D eigenvalue weighted by Gasteiger charge is 2.21. The second kappa shape index (κ2) is 7.33. The first-order valence-corrected chi connectivity index (χ1v) is 9.96. The van der Waals surface area contributed by atoms with Crippen molar-refractivity contribution in [3.63, 3.8) is 0 Å². The minimum Gasteiger partial charge on any atom is -0.343 e. The Morgan fingerprint density at radius 3 is 2.61 bits per heavy atom. The third-order valence-electron chi connectivity index (χ3n) is 5.79. The fourth-order valence-corrected chi connectivity index (χ4v) is 3.91. The van der Waals surface area contributed by atoms with Gasteiger partial charge in [0.15, 0.2) is 17.3 Å². The molecule has 0 saturated carbocycles. The highest BCUT2D eigenvalue weighted by Crippen LogP contribution is 2.21. The molecule has 0 atom stereocenters. The van der Waals surface area contributed by atoms with Gasteiger partial charge in [-0.2, -0.15) is 9.61 Å². The summed E-state index contributed by atoms with van der Waals surface area (Å²) in [5.41, 5.74) is 3.81. The molecule has 1 fully saturated rings. The number of carbonyl (C=O) groups is 1. The van der Waals surface area contributed by atoms with Gasteiger partial charge in [0, 0.05) is 25.2 Å². The number of hydrogen-bond donors (Lipinski definition) is 0. The van der Waals surface area contributed by atoms with Gasteiger partial charge in [-0.05, 0) is 63.6 Å². The molecule has 0 aromatic carbocycles. The van der Waals surface area contributed by atoms with Crippen molar-refractivity contribution >= 4 is 11.6 Å². The molecule has 1 aliphatic heterocycles. The van der Waals surface area contributed by atoms with E-state index in [1.54, 1.807) is 4.52 Å². The van der Waals surface area contributed by atoms with Crippen molar-refractivity contribution < 1.29 is 4.79 Å². The van der Waals surface area contributed by atoms with Gasteiger partial charge in [-0.25, -0.2) is 4.68 Å². The summed E-state index contributed by atoms with van der Waals surface area (Å²) in [6, 6.07) is 3.78. The van der Waals surface area contributed by atoms with Crippen molar-refractivity contribution in [3.8, 4) is 5.82 Å². The topological polar surface area (TPSA) is 81.2 Å². The number of hydrogen-bond acceptors (Lipinski definition) is 5. The van der Waals surface area contributed by atoms with Crippen LogP contribution in [0.3, 0.4) is 0 Å². The van der Waals surface area contributed by atoms with E-state index in [4.69, 9.17) is 0 Å². The summed E-state index contributed by atoms with van der Waals surface area (Å²) in [6.45, 7) is 9.94. The summed E-state index contributed by atoms with van der Waals surface area (Å²) >= 11 is 0. The minimum atomic E-state index is 0.248. The predicted molar refractivity (Wildman–Crippen MR) is 105 cm³/mol. The zero-order valence-corrected chi connectivity index (χ0v) is 17.0. The molecule has 4 rings (SSSR count). The zero-order chi connectivity index (χ0) is 19.8. The summed E-state index contributed by atoms with van der Waals surface area (Å²) in [5, 5.41) is 17.4. The van der Waals surface area contributed by atoms with Crippen molar-refractivity contribution in [2.75, 3.05) is 13.1 Å². The van der Waals surface area contributed by atoms with Gasteiger partial charge in [-0.15, -0.1) is 15.3 Å². The number of piperidine rings is 1. The van der Waals surface area contributed by atoms with E-state index in [0.29, 0.717) is 18.5 Å². The Bertz CT molecular complexity index is 1010. The van der Waals surface area contributed by atoms with Crippen molar-refractivity contribution in [1.82, 2.24) is 34.5 Å². The van der Waals surface area contributed by atoms with Gasteiger partial charge in [-0.1, -0.05) is 6.92 Å². The first-order valence-electron chi connectivity index (χ1n) is 9.96. The summed E-state index contributed by atoms with van der Waals surface area (Å²) < 4.78 is 3.56. The average molecular weight is 381 g/mol. The molecule has 3 aromatic heterocycles. The molecular formula is C20H27N7O. The lowest BCUT2D eigenvalue weighted by Crippen LogP contribution is -2.38. The summed E-state index contributed by atoms with van der Waals surface area (Å²) in [4.78, 5) is 14.6. The van der Waals surface area contributed by atoms with Crippen molar-refractivity contribution in [2.24, 2.45) is 5.92 Å². The molecule has 8 nitrogen and oxygen atoms in total. The van der Waals surface area contributed by atoms with Crippen molar-refractivity contribution in [2.45, 2.75) is 53.4 Å². The number of amides is 1. The normalized spacial score (nSPS) is 15.5. The van der Waals surface area contributed by atoms with Gasteiger partial charge < -0.3 is 4.90 Å². The third-order valence-corrected chi connectivity index (χ3v) is 5.79. The molecule has 3 aromatic rings. The molecule has 1 saturated heterocycles. The van der Waals surface area contributed by atoms with Crippen LogP contribution >= 0.6 is 0 Å². The molecule has 0 unspecified atom stereocenters. The van der Waals surface area contributed by atoms with E-state index >= 15 is 0 Å². The van der Waals surface area contributed by atoms with Gasteiger partial charge in [0.1, 0.15) is 0 Å². The minimum absolute atomic E-state index is 0.248. The third kappa shape index (κ3) is 3.39. The molecule has 1 amide bonds. The maximum Gasteiger partial charge on any atom is 0.222 e. The number of rotatable bonds is 4. The number of fused-ring (bicyclic) bond motifs is 1. The number of aryl methyl sites for hydroxylation is 2. The molecule has 0 spiro atoms. The first kappa shape index (κ1) is 18.6. The number of likely N-dealkylation sites (tertiary alicyclic amines) is 1. The van der Waals surface area contributed by atoms with Crippen molar-refractivity contribution in [3.05, 3.63) is 34.9 Å². The maximum atomic E-state index is 12.6. The smallest absolute Gasteiger partial charge is 0.222 e. The molecule has 8 heteroatoms. The van der Waals surface area contributed by atoms with Gasteiger partial charge in [0.2, 0.25) is 5.91 Å². The molecule has 0 radical (unpaired) electrons. The van der Waals surface area contributed by atoms with E-state index in [1.807, 2.05) is 42.5 Å². The Balaban J connectivity index is 1.52. The molecule has 4 heterocycles. The second-order valence-electron chi connectivity index (χ2n) is 7.83. The first-order chi connectivity index (χ1) is 13.4. The molecule has 0 N–H and O–H groups in total. The van der Waals surface area contributed by atoms with E-state index in [-0.39, 0.29) is 5.91 Å². The molecule has 148 valence electrons. The highest BCUT2D eigenvalue weighted by molar-refractivity contribution is 5.76. The predicted octanol–water partition coefficient (Wildman–Crippen LogP) is 2.43. The summed E-state index contributed by atoms with van der Waals surface area (Å²) in [6.07, 6.45) is 3.45. The van der Waals surface area contributed by atoms with E-state index in [1.165, 1.54) is 0 Å². The van der Waals surface area contributed by atoms with Gasteiger partial charge in [0.25, 0.3) is 0 Å². The van der Waals surface area contributed by atoms with Crippen LogP contribution in [-0.2, 0) is 11.2 Å². The lowest BCUT2D eigenvalue weighted by atomic mass is 9.98. The number of carbonyl (C=O) groups excluding carboxylic acids is 1. The highest BCUT2D eigenvalue weighted by atomic mass is 16.2. The van der Waals surface area contributed by atoms with E-state index in [0.717, 1.165) is 60.4 Å². The average Bonchev–Trinajstić information content (AvgIpc) is 3.20. The SMILES string of the molecule is Cc1nn(-c2ccc3nnc(C)n3n2)c(C)c1CCC(=O)N1CCC(C)CC1. The number of nitrogens with zero attached hydrogens (tertiary/aromatic N) is 7. The monoisotopic (exact) mass is 381 g/mol. The molecule has 28 heavy (non-hydrogen) atoms. The molecule has 0 bridgehead atoms. The maximum absolute atomic E-state index is 12.6. The second-order valence-corrected chi connectivity index (χ2v) is 7.83. The zero-order valence-electron chi connectivity index (χ0n) is 17.0. The summed E-state index contributed by atoms with van der Waals surface area (Å²) in [7, 11) is 0. The fraction of sp³-hybridized carbons (Fsp3) is 0.550.